The summed E-state index contributed by atoms with van der Waals surface area (Å²) in [4.78, 5) is 19.6. The molecule has 0 radical (unpaired) electrons. The number of hydrogen-bond donors (Lipinski definition) is 1. The first-order valence-electron chi connectivity index (χ1n) is 6.34. The zero-order valence-electron chi connectivity index (χ0n) is 11.6. The Kier molecular flexibility index (Phi) is 3.53. The first-order valence-corrected chi connectivity index (χ1v) is 7.15. The average Bonchev–Trinajstić information content (AvgIpc) is 2.87. The standard InChI is InChI=1S/C15H13N3O2S/c1-9(19)17-15-18-12-4-3-10(7-14(12)21-15)11-8-16-6-5-13(11)20-2/h3-8H,1-2H3,(H,17,18,19). The second kappa shape index (κ2) is 5.49. The van der Waals surface area contributed by atoms with Gasteiger partial charge in [0.15, 0.2) is 5.13 Å². The van der Waals surface area contributed by atoms with Crippen LogP contribution in [0.3, 0.4) is 0 Å². The van der Waals surface area contributed by atoms with Crippen molar-refractivity contribution < 1.29 is 9.53 Å². The summed E-state index contributed by atoms with van der Waals surface area (Å²) < 4.78 is 6.36. The fourth-order valence-corrected chi connectivity index (χ4v) is 3.02. The molecule has 1 amide bonds. The van der Waals surface area contributed by atoms with E-state index in [9.17, 15) is 4.79 Å². The molecule has 0 aliphatic heterocycles. The Hall–Kier alpha value is -2.47. The molecule has 3 rings (SSSR count). The molecule has 0 unspecified atom stereocenters. The van der Waals surface area contributed by atoms with Gasteiger partial charge in [0.05, 0.1) is 17.3 Å². The first kappa shape index (κ1) is 13.5. The molecule has 0 fully saturated rings. The van der Waals surface area contributed by atoms with Gasteiger partial charge in [-0.15, -0.1) is 0 Å². The second-order valence-corrected chi connectivity index (χ2v) is 5.49. The molecule has 1 N–H and O–H groups in total. The highest BCUT2D eigenvalue weighted by molar-refractivity contribution is 7.22. The topological polar surface area (TPSA) is 64.1 Å². The molecule has 0 aliphatic rings. The van der Waals surface area contributed by atoms with E-state index in [0.29, 0.717) is 5.13 Å². The van der Waals surface area contributed by atoms with Gasteiger partial charge in [-0.1, -0.05) is 17.4 Å². The summed E-state index contributed by atoms with van der Waals surface area (Å²) in [6.45, 7) is 1.47. The molecule has 0 saturated carbocycles. The lowest BCUT2D eigenvalue weighted by Crippen LogP contribution is -2.04. The lowest BCUT2D eigenvalue weighted by molar-refractivity contribution is -0.114. The molecular formula is C15H13N3O2S. The molecule has 5 nitrogen and oxygen atoms in total. The smallest absolute Gasteiger partial charge is 0.223 e. The largest absolute Gasteiger partial charge is 0.496 e. The van der Waals surface area contributed by atoms with Crippen molar-refractivity contribution >= 4 is 32.6 Å². The van der Waals surface area contributed by atoms with Gasteiger partial charge in [-0.05, 0) is 23.8 Å². The van der Waals surface area contributed by atoms with E-state index in [1.165, 1.54) is 18.3 Å². The minimum absolute atomic E-state index is 0.122. The number of carbonyl (C=O) groups excluding carboxylic acids is 1. The summed E-state index contributed by atoms with van der Waals surface area (Å²) in [5.41, 5.74) is 2.79. The number of anilines is 1. The molecule has 0 bridgehead atoms. The van der Waals surface area contributed by atoms with Crippen molar-refractivity contribution in [1.29, 1.82) is 0 Å². The summed E-state index contributed by atoms with van der Waals surface area (Å²) in [5.74, 6) is 0.652. The lowest BCUT2D eigenvalue weighted by Gasteiger charge is -2.07. The van der Waals surface area contributed by atoms with Crippen LogP contribution in [0.15, 0.2) is 36.7 Å². The van der Waals surface area contributed by atoms with Crippen molar-refractivity contribution in [1.82, 2.24) is 9.97 Å². The van der Waals surface area contributed by atoms with Gasteiger partial charge in [0.25, 0.3) is 0 Å². The third kappa shape index (κ3) is 2.71. The van der Waals surface area contributed by atoms with Crippen molar-refractivity contribution in [3.05, 3.63) is 36.7 Å². The van der Waals surface area contributed by atoms with Gasteiger partial charge < -0.3 is 10.1 Å². The van der Waals surface area contributed by atoms with Crippen LogP contribution >= 0.6 is 11.3 Å². The van der Waals surface area contributed by atoms with Gasteiger partial charge in [-0.25, -0.2) is 4.98 Å². The van der Waals surface area contributed by atoms with E-state index in [4.69, 9.17) is 4.74 Å². The van der Waals surface area contributed by atoms with Gasteiger partial charge >= 0.3 is 0 Å². The number of thiazole rings is 1. The summed E-state index contributed by atoms with van der Waals surface area (Å²) in [5, 5.41) is 3.31. The van der Waals surface area contributed by atoms with Gasteiger partial charge in [0, 0.05) is 24.9 Å². The number of carbonyl (C=O) groups is 1. The molecule has 0 atom stereocenters. The van der Waals surface area contributed by atoms with Crippen LogP contribution in [0, 0.1) is 0 Å². The number of pyridine rings is 1. The Balaban J connectivity index is 2.06. The Morgan fingerprint density at radius 2 is 2.19 bits per heavy atom. The third-order valence-electron chi connectivity index (χ3n) is 2.98. The Morgan fingerprint density at radius 3 is 2.95 bits per heavy atom. The van der Waals surface area contributed by atoms with E-state index in [-0.39, 0.29) is 5.91 Å². The maximum Gasteiger partial charge on any atom is 0.223 e. The van der Waals surface area contributed by atoms with Crippen LogP contribution in [0.5, 0.6) is 5.75 Å². The fraction of sp³-hybridized carbons (Fsp3) is 0.133. The van der Waals surface area contributed by atoms with Crippen molar-refractivity contribution in [2.24, 2.45) is 0 Å². The zero-order valence-corrected chi connectivity index (χ0v) is 12.4. The quantitative estimate of drug-likeness (QED) is 0.805. The highest BCUT2D eigenvalue weighted by atomic mass is 32.1. The number of benzene rings is 1. The Labute approximate surface area is 125 Å². The van der Waals surface area contributed by atoms with Crippen molar-refractivity contribution in [3.63, 3.8) is 0 Å². The van der Waals surface area contributed by atoms with Gasteiger partial charge in [0.2, 0.25) is 5.91 Å². The summed E-state index contributed by atoms with van der Waals surface area (Å²) in [6, 6.07) is 7.75. The first-order chi connectivity index (χ1) is 10.2. The number of fused-ring (bicyclic) bond motifs is 1. The number of nitrogens with one attached hydrogen (secondary N) is 1. The average molecular weight is 299 g/mol. The van der Waals surface area contributed by atoms with Crippen molar-refractivity contribution in [2.45, 2.75) is 6.92 Å². The highest BCUT2D eigenvalue weighted by Gasteiger charge is 2.09. The lowest BCUT2D eigenvalue weighted by atomic mass is 10.1. The van der Waals surface area contributed by atoms with Gasteiger partial charge in [0.1, 0.15) is 5.75 Å². The molecule has 2 aromatic heterocycles. The number of hydrogen-bond acceptors (Lipinski definition) is 5. The molecule has 0 saturated heterocycles. The number of amides is 1. The number of methoxy groups -OCH3 is 1. The van der Waals surface area contributed by atoms with Crippen LogP contribution in [0.1, 0.15) is 6.92 Å². The monoisotopic (exact) mass is 299 g/mol. The van der Waals surface area contributed by atoms with Crippen LogP contribution in [-0.4, -0.2) is 23.0 Å². The SMILES string of the molecule is COc1ccncc1-c1ccc2nc(NC(C)=O)sc2c1. The van der Waals surface area contributed by atoms with E-state index in [1.54, 1.807) is 19.5 Å². The number of ether oxygens (including phenoxy) is 1. The van der Waals surface area contributed by atoms with Crippen LogP contribution < -0.4 is 10.1 Å². The van der Waals surface area contributed by atoms with Crippen LogP contribution in [-0.2, 0) is 4.79 Å². The van der Waals surface area contributed by atoms with Gasteiger partial charge in [-0.2, -0.15) is 0 Å². The third-order valence-corrected chi connectivity index (χ3v) is 3.92. The predicted octanol–water partition coefficient (Wildman–Crippen LogP) is 3.33. The van der Waals surface area contributed by atoms with E-state index in [0.717, 1.165) is 27.1 Å². The minimum atomic E-state index is -0.122. The number of nitrogens with zero attached hydrogens (tertiary/aromatic N) is 2. The maximum atomic E-state index is 11.1. The molecule has 6 heteroatoms. The summed E-state index contributed by atoms with van der Waals surface area (Å²) in [6.07, 6.45) is 3.47. The molecule has 3 aromatic rings. The van der Waals surface area contributed by atoms with E-state index < -0.39 is 0 Å². The van der Waals surface area contributed by atoms with Crippen molar-refractivity contribution in [2.75, 3.05) is 12.4 Å². The number of rotatable bonds is 3. The Morgan fingerprint density at radius 1 is 1.33 bits per heavy atom. The molecule has 1 aromatic carbocycles. The fourth-order valence-electron chi connectivity index (χ4n) is 2.07. The zero-order chi connectivity index (χ0) is 14.8. The molecule has 106 valence electrons. The van der Waals surface area contributed by atoms with Gasteiger partial charge in [-0.3, -0.25) is 9.78 Å². The molecule has 21 heavy (non-hydrogen) atoms. The molecular weight excluding hydrogens is 286 g/mol. The van der Waals surface area contributed by atoms with E-state index in [2.05, 4.69) is 15.3 Å². The van der Waals surface area contributed by atoms with E-state index >= 15 is 0 Å². The summed E-state index contributed by atoms with van der Waals surface area (Å²) in [7, 11) is 1.64. The Bertz CT molecular complexity index is 814. The normalized spacial score (nSPS) is 10.6. The summed E-state index contributed by atoms with van der Waals surface area (Å²) >= 11 is 1.44. The van der Waals surface area contributed by atoms with Crippen LogP contribution in [0.4, 0.5) is 5.13 Å². The van der Waals surface area contributed by atoms with Crippen LogP contribution in [0.25, 0.3) is 21.3 Å². The van der Waals surface area contributed by atoms with E-state index in [1.807, 2.05) is 24.3 Å². The van der Waals surface area contributed by atoms with Crippen LogP contribution in [0.2, 0.25) is 0 Å². The predicted molar refractivity (Wildman–Crippen MR) is 83.7 cm³/mol. The second-order valence-electron chi connectivity index (χ2n) is 4.46. The van der Waals surface area contributed by atoms with Crippen molar-refractivity contribution in [3.8, 4) is 16.9 Å². The number of aromatic nitrogens is 2. The molecule has 2 heterocycles. The maximum absolute atomic E-state index is 11.1. The molecule has 0 spiro atoms. The highest BCUT2D eigenvalue weighted by Crippen LogP contribution is 2.33. The molecule has 0 aliphatic carbocycles. The minimum Gasteiger partial charge on any atom is -0.496 e.